The molecule has 11 heteroatoms. The van der Waals surface area contributed by atoms with Gasteiger partial charge >= 0.3 is 5.97 Å². The van der Waals surface area contributed by atoms with Gasteiger partial charge < -0.3 is 25.2 Å². The number of hydrogen-bond donors (Lipinski definition) is 3. The van der Waals surface area contributed by atoms with Crippen molar-refractivity contribution in [3.8, 4) is 0 Å². The van der Waals surface area contributed by atoms with E-state index in [4.69, 9.17) is 0 Å². The zero-order valence-corrected chi connectivity index (χ0v) is 20.8. The minimum Gasteiger partial charge on any atom is -0.476 e. The first-order chi connectivity index (χ1) is 17.0. The van der Waals surface area contributed by atoms with E-state index in [-0.39, 0.29) is 29.9 Å². The molecule has 0 saturated carbocycles. The first-order valence-electron chi connectivity index (χ1n) is 12.1. The third-order valence-electron chi connectivity index (χ3n) is 6.19. The number of aromatic nitrogens is 2. The summed E-state index contributed by atoms with van der Waals surface area (Å²) in [5.74, 6) is -4.16. The van der Waals surface area contributed by atoms with Crippen molar-refractivity contribution in [2.45, 2.75) is 64.5 Å². The number of amides is 2. The number of halogens is 2. The predicted molar refractivity (Wildman–Crippen MR) is 130 cm³/mol. The van der Waals surface area contributed by atoms with Crippen LogP contribution in [0.1, 0.15) is 62.5 Å². The molecule has 1 aliphatic heterocycles. The summed E-state index contributed by atoms with van der Waals surface area (Å²) in [5, 5.41) is 15.0. The molecule has 1 saturated heterocycles. The molecule has 1 aromatic heterocycles. The van der Waals surface area contributed by atoms with Gasteiger partial charge in [-0.25, -0.2) is 18.6 Å². The van der Waals surface area contributed by atoms with Crippen molar-refractivity contribution in [2.75, 3.05) is 25.0 Å². The van der Waals surface area contributed by atoms with Gasteiger partial charge in [-0.05, 0) is 63.9 Å². The number of carbonyl (C=O) groups is 3. The van der Waals surface area contributed by atoms with E-state index in [1.54, 1.807) is 4.57 Å². The molecular weight excluding hydrogens is 472 g/mol. The van der Waals surface area contributed by atoms with Gasteiger partial charge in [-0.2, -0.15) is 0 Å². The van der Waals surface area contributed by atoms with Crippen LogP contribution in [-0.4, -0.2) is 63.0 Å². The SMILES string of the molecule is CCCC(NC(=O)Cc1cc(F)cc(F)c1)C(=O)Nc1ncn(C(C)(C)CN2CCCC2)c1C(=O)O. The fraction of sp³-hybridized carbons (Fsp3) is 0.520. The topological polar surface area (TPSA) is 117 Å². The molecule has 3 N–H and O–H groups in total. The fourth-order valence-corrected chi connectivity index (χ4v) is 4.57. The van der Waals surface area contributed by atoms with E-state index < -0.39 is 41.0 Å². The largest absolute Gasteiger partial charge is 0.476 e. The predicted octanol–water partition coefficient (Wildman–Crippen LogP) is 3.16. The molecular formula is C25H33F2N5O4. The summed E-state index contributed by atoms with van der Waals surface area (Å²) in [6.07, 6.45) is 4.12. The first-order valence-corrected chi connectivity index (χ1v) is 12.1. The third kappa shape index (κ3) is 6.87. The Labute approximate surface area is 208 Å². The number of imidazole rings is 1. The minimum atomic E-state index is -1.23. The molecule has 196 valence electrons. The van der Waals surface area contributed by atoms with Gasteiger partial charge in [-0.15, -0.1) is 0 Å². The van der Waals surface area contributed by atoms with E-state index >= 15 is 0 Å². The monoisotopic (exact) mass is 505 g/mol. The van der Waals surface area contributed by atoms with Gasteiger partial charge in [-0.3, -0.25) is 9.59 Å². The summed E-state index contributed by atoms with van der Waals surface area (Å²) in [5.41, 5.74) is -0.608. The lowest BCUT2D eigenvalue weighted by Crippen LogP contribution is -2.44. The first kappa shape index (κ1) is 27.3. The Kier molecular flexibility index (Phi) is 8.78. The second kappa shape index (κ2) is 11.6. The lowest BCUT2D eigenvalue weighted by atomic mass is 10.0. The highest BCUT2D eigenvalue weighted by molar-refractivity contribution is 6.01. The van der Waals surface area contributed by atoms with Gasteiger partial charge in [-0.1, -0.05) is 13.3 Å². The summed E-state index contributed by atoms with van der Waals surface area (Å²) in [6, 6.07) is 1.83. The Morgan fingerprint density at radius 1 is 1.14 bits per heavy atom. The van der Waals surface area contributed by atoms with Crippen LogP contribution in [0, 0.1) is 11.6 Å². The Balaban J connectivity index is 1.74. The summed E-state index contributed by atoms with van der Waals surface area (Å²) >= 11 is 0. The number of nitrogens with zero attached hydrogens (tertiary/aromatic N) is 3. The molecule has 1 unspecified atom stereocenters. The summed E-state index contributed by atoms with van der Waals surface area (Å²) in [4.78, 5) is 44.1. The molecule has 2 heterocycles. The van der Waals surface area contributed by atoms with E-state index in [1.807, 2.05) is 20.8 Å². The van der Waals surface area contributed by atoms with Crippen LogP contribution in [0.2, 0.25) is 0 Å². The van der Waals surface area contributed by atoms with Gasteiger partial charge in [0.2, 0.25) is 11.8 Å². The summed E-state index contributed by atoms with van der Waals surface area (Å²) in [7, 11) is 0. The Morgan fingerprint density at radius 3 is 2.36 bits per heavy atom. The highest BCUT2D eigenvalue weighted by atomic mass is 19.1. The molecule has 2 aromatic rings. The van der Waals surface area contributed by atoms with Crippen molar-refractivity contribution in [3.05, 3.63) is 47.4 Å². The van der Waals surface area contributed by atoms with Crippen molar-refractivity contribution in [1.29, 1.82) is 0 Å². The highest BCUT2D eigenvalue weighted by Gasteiger charge is 2.32. The minimum absolute atomic E-state index is 0.107. The molecule has 2 amide bonds. The maximum atomic E-state index is 13.4. The van der Waals surface area contributed by atoms with Crippen LogP contribution in [0.3, 0.4) is 0 Å². The van der Waals surface area contributed by atoms with E-state index in [1.165, 1.54) is 6.33 Å². The maximum Gasteiger partial charge on any atom is 0.356 e. The van der Waals surface area contributed by atoms with Crippen LogP contribution in [0.15, 0.2) is 24.5 Å². The zero-order chi connectivity index (χ0) is 26.5. The number of carbonyl (C=O) groups excluding carboxylic acids is 2. The van der Waals surface area contributed by atoms with Gasteiger partial charge in [0.1, 0.15) is 17.7 Å². The normalized spacial score (nSPS) is 15.0. The van der Waals surface area contributed by atoms with E-state index in [0.717, 1.165) is 38.1 Å². The van der Waals surface area contributed by atoms with Gasteiger partial charge in [0.25, 0.3) is 0 Å². The number of nitrogens with one attached hydrogen (secondary N) is 2. The lowest BCUT2D eigenvalue weighted by molar-refractivity contribution is -0.126. The lowest BCUT2D eigenvalue weighted by Gasteiger charge is -2.32. The summed E-state index contributed by atoms with van der Waals surface area (Å²) < 4.78 is 28.4. The standard InChI is InChI=1S/C25H33F2N5O4/c1-4-7-19(29-20(33)12-16-10-17(26)13-18(27)11-16)23(34)30-22-21(24(35)36)32(15-28-22)25(2,3)14-31-8-5-6-9-31/h10-11,13,15,19H,4-9,12,14H2,1-3H3,(H,29,33)(H,30,34)(H,35,36). The van der Waals surface area contributed by atoms with Crippen LogP contribution < -0.4 is 10.6 Å². The van der Waals surface area contributed by atoms with Crippen molar-refractivity contribution >= 4 is 23.6 Å². The molecule has 1 fully saturated rings. The number of aromatic carboxylic acids is 1. The number of hydrogen-bond acceptors (Lipinski definition) is 5. The van der Waals surface area contributed by atoms with Crippen LogP contribution in [-0.2, 0) is 21.5 Å². The molecule has 3 rings (SSSR count). The highest BCUT2D eigenvalue weighted by Crippen LogP contribution is 2.26. The third-order valence-corrected chi connectivity index (χ3v) is 6.19. The quantitative estimate of drug-likeness (QED) is 0.432. The number of likely N-dealkylation sites (tertiary alicyclic amines) is 1. The van der Waals surface area contributed by atoms with Crippen molar-refractivity contribution in [3.63, 3.8) is 0 Å². The number of carboxylic acid groups (broad SMARTS) is 1. The van der Waals surface area contributed by atoms with E-state index in [0.29, 0.717) is 19.0 Å². The van der Waals surface area contributed by atoms with Crippen LogP contribution in [0.5, 0.6) is 0 Å². The second-order valence-electron chi connectivity index (χ2n) is 9.77. The smallest absolute Gasteiger partial charge is 0.356 e. The molecule has 1 atom stereocenters. The van der Waals surface area contributed by atoms with Crippen molar-refractivity contribution in [1.82, 2.24) is 19.8 Å². The Hall–Kier alpha value is -3.34. The average Bonchev–Trinajstić information content (AvgIpc) is 3.42. The molecule has 0 bridgehead atoms. The van der Waals surface area contributed by atoms with E-state index in [9.17, 15) is 28.3 Å². The maximum absolute atomic E-state index is 13.4. The number of benzene rings is 1. The van der Waals surface area contributed by atoms with Crippen LogP contribution in [0.4, 0.5) is 14.6 Å². The van der Waals surface area contributed by atoms with Crippen LogP contribution >= 0.6 is 0 Å². The molecule has 9 nitrogen and oxygen atoms in total. The fourth-order valence-electron chi connectivity index (χ4n) is 4.57. The zero-order valence-electron chi connectivity index (χ0n) is 20.8. The number of rotatable bonds is 11. The molecule has 36 heavy (non-hydrogen) atoms. The molecule has 0 radical (unpaired) electrons. The Morgan fingerprint density at radius 2 is 1.78 bits per heavy atom. The Bertz CT molecular complexity index is 1090. The van der Waals surface area contributed by atoms with Gasteiger partial charge in [0, 0.05) is 12.6 Å². The molecule has 0 aliphatic carbocycles. The average molecular weight is 506 g/mol. The number of carboxylic acids is 1. The summed E-state index contributed by atoms with van der Waals surface area (Å²) in [6.45, 7) is 8.19. The second-order valence-corrected chi connectivity index (χ2v) is 9.77. The van der Waals surface area contributed by atoms with E-state index in [2.05, 4.69) is 20.5 Å². The van der Waals surface area contributed by atoms with Crippen molar-refractivity contribution in [2.24, 2.45) is 0 Å². The van der Waals surface area contributed by atoms with Crippen LogP contribution in [0.25, 0.3) is 0 Å². The number of anilines is 1. The van der Waals surface area contributed by atoms with Crippen molar-refractivity contribution < 1.29 is 28.3 Å². The van der Waals surface area contributed by atoms with Gasteiger partial charge in [0.15, 0.2) is 11.5 Å². The molecule has 0 spiro atoms. The molecule has 1 aliphatic rings. The van der Waals surface area contributed by atoms with Gasteiger partial charge in [0.05, 0.1) is 18.3 Å². The molecule has 1 aromatic carbocycles.